The van der Waals surface area contributed by atoms with Crippen LogP contribution >= 0.6 is 0 Å². The Morgan fingerprint density at radius 3 is 2.33 bits per heavy atom. The minimum atomic E-state index is -4.96. The van der Waals surface area contributed by atoms with Gasteiger partial charge in [-0.3, -0.25) is 4.79 Å². The van der Waals surface area contributed by atoms with Crippen molar-refractivity contribution >= 4 is 32.9 Å². The third-order valence-electron chi connectivity index (χ3n) is 7.32. The van der Waals surface area contributed by atoms with E-state index >= 15 is 0 Å². The predicted molar refractivity (Wildman–Crippen MR) is 155 cm³/mol. The second-order valence-corrected chi connectivity index (χ2v) is 12.3. The van der Waals surface area contributed by atoms with E-state index in [-0.39, 0.29) is 43.1 Å². The first kappa shape index (κ1) is 32.9. The van der Waals surface area contributed by atoms with Crippen LogP contribution in [0.3, 0.4) is 0 Å². The quantitative estimate of drug-likeness (QED) is 0.260. The number of carbonyl (C=O) groups is 1. The molecule has 0 radical (unpaired) electrons. The normalized spacial score (nSPS) is 16.4. The smallest absolute Gasteiger partial charge is 0.406 e. The third-order valence-corrected chi connectivity index (χ3v) is 9.24. The van der Waals surface area contributed by atoms with Crippen molar-refractivity contribution < 1.29 is 39.9 Å². The fourth-order valence-corrected chi connectivity index (χ4v) is 6.41. The second kappa shape index (κ2) is 12.7. The largest absolute Gasteiger partial charge is 0.573 e. The van der Waals surface area contributed by atoms with Crippen molar-refractivity contribution in [2.75, 3.05) is 24.5 Å². The number of nitrogens with one attached hydrogen (secondary N) is 1. The molecule has 5 rings (SSSR count). The van der Waals surface area contributed by atoms with E-state index in [4.69, 9.17) is 0 Å². The number of amides is 1. The summed E-state index contributed by atoms with van der Waals surface area (Å²) in [6.45, 7) is 2.70. The lowest BCUT2D eigenvalue weighted by Gasteiger charge is -2.40. The molecule has 3 heterocycles. The fourth-order valence-electron chi connectivity index (χ4n) is 4.84. The van der Waals surface area contributed by atoms with Crippen molar-refractivity contribution in [3.8, 4) is 5.75 Å². The predicted octanol–water partition coefficient (Wildman–Crippen LogP) is 4.32. The second-order valence-electron chi connectivity index (χ2n) is 10.4. The van der Waals surface area contributed by atoms with Gasteiger partial charge in [0.2, 0.25) is 15.9 Å². The number of piperazine rings is 1. The number of benzene rings is 2. The summed E-state index contributed by atoms with van der Waals surface area (Å²) in [5.41, 5.74) is 1.07. The highest BCUT2D eigenvalue weighted by atomic mass is 32.2. The van der Waals surface area contributed by atoms with Crippen molar-refractivity contribution in [3.05, 3.63) is 77.9 Å². The van der Waals surface area contributed by atoms with Gasteiger partial charge < -0.3 is 15.0 Å². The maximum Gasteiger partial charge on any atom is 0.573 e. The first-order valence-corrected chi connectivity index (χ1v) is 15.4. The maximum atomic E-state index is 14.0. The molecule has 4 aromatic rings. The molecule has 11 nitrogen and oxygen atoms in total. The summed E-state index contributed by atoms with van der Waals surface area (Å²) in [6, 6.07) is 7.75. The van der Waals surface area contributed by atoms with Crippen LogP contribution in [0.4, 0.5) is 27.8 Å². The number of halogens is 5. The Hall–Kier alpha value is -4.51. The summed E-state index contributed by atoms with van der Waals surface area (Å²) >= 11 is 0. The number of rotatable bonds is 9. The van der Waals surface area contributed by atoms with E-state index in [1.807, 2.05) is 0 Å². The zero-order chi connectivity index (χ0) is 33.3. The number of ether oxygens (including phenoxy) is 1. The van der Waals surface area contributed by atoms with Crippen molar-refractivity contribution in [1.82, 2.24) is 29.6 Å². The van der Waals surface area contributed by atoms with Gasteiger partial charge in [-0.1, -0.05) is 31.2 Å². The Bertz CT molecular complexity index is 1830. The molecule has 1 atom stereocenters. The first-order chi connectivity index (χ1) is 21.7. The molecule has 2 aromatic carbocycles. The average Bonchev–Trinajstić information content (AvgIpc) is 3.02. The van der Waals surface area contributed by atoms with Crippen LogP contribution in [0.2, 0.25) is 0 Å². The highest BCUT2D eigenvalue weighted by Crippen LogP contribution is 2.31. The summed E-state index contributed by atoms with van der Waals surface area (Å²) in [5.74, 6) is -3.51. The number of carbonyl (C=O) groups excluding carboxylic acids is 1. The van der Waals surface area contributed by atoms with Gasteiger partial charge in [-0.2, -0.15) is 4.31 Å². The molecule has 1 N–H and O–H groups in total. The molecule has 0 spiro atoms. The molecule has 1 aliphatic rings. The molecule has 0 bridgehead atoms. The Kier molecular flexibility index (Phi) is 9.08. The SMILES string of the molecule is CCC(F)(F)c1ccc(CNC(=O)[C@H]2CN(c3cnc4cnc(C)nc4n3)CCN2S(=O)(=O)c2ccc(OC(F)(F)F)cc2)cc1. The van der Waals surface area contributed by atoms with Gasteiger partial charge in [0.15, 0.2) is 5.65 Å². The molecule has 46 heavy (non-hydrogen) atoms. The Balaban J connectivity index is 1.41. The van der Waals surface area contributed by atoms with E-state index in [0.717, 1.165) is 28.6 Å². The number of aromatic nitrogens is 4. The highest BCUT2D eigenvalue weighted by Gasteiger charge is 2.41. The molecule has 0 aliphatic carbocycles. The summed E-state index contributed by atoms with van der Waals surface area (Å²) in [7, 11) is -4.40. The van der Waals surface area contributed by atoms with E-state index in [2.05, 4.69) is 30.0 Å². The number of aryl methyl sites for hydroxylation is 1. The number of alkyl halides is 5. The molecule has 0 unspecified atom stereocenters. The lowest BCUT2D eigenvalue weighted by molar-refractivity contribution is -0.274. The molecule has 244 valence electrons. The van der Waals surface area contributed by atoms with Crippen molar-refractivity contribution in [2.45, 2.75) is 50.0 Å². The van der Waals surface area contributed by atoms with Gasteiger partial charge in [0.1, 0.15) is 29.0 Å². The monoisotopic (exact) mass is 665 g/mol. The van der Waals surface area contributed by atoms with Gasteiger partial charge in [-0.25, -0.2) is 37.1 Å². The molecule has 1 saturated heterocycles. The minimum Gasteiger partial charge on any atom is -0.406 e. The molecule has 0 saturated carbocycles. The van der Waals surface area contributed by atoms with Crippen LogP contribution in [-0.2, 0) is 27.3 Å². The fraction of sp³-hybridized carbons (Fsp3) is 0.345. The van der Waals surface area contributed by atoms with Crippen LogP contribution in [0.25, 0.3) is 11.2 Å². The number of hydrogen-bond donors (Lipinski definition) is 1. The summed E-state index contributed by atoms with van der Waals surface area (Å²) in [5, 5.41) is 2.68. The number of fused-ring (bicyclic) bond motifs is 1. The van der Waals surface area contributed by atoms with Crippen LogP contribution in [0.15, 0.2) is 65.8 Å². The lowest BCUT2D eigenvalue weighted by atomic mass is 10.0. The average molecular weight is 666 g/mol. The topological polar surface area (TPSA) is 131 Å². The van der Waals surface area contributed by atoms with Gasteiger partial charge >= 0.3 is 6.36 Å². The van der Waals surface area contributed by atoms with Crippen molar-refractivity contribution in [2.24, 2.45) is 0 Å². The van der Waals surface area contributed by atoms with Gasteiger partial charge in [0.05, 0.1) is 17.3 Å². The molecule has 17 heteroatoms. The Morgan fingerprint density at radius 1 is 0.978 bits per heavy atom. The first-order valence-electron chi connectivity index (χ1n) is 14.0. The van der Waals surface area contributed by atoms with Gasteiger partial charge in [-0.05, 0) is 36.8 Å². The van der Waals surface area contributed by atoms with Gasteiger partial charge in [-0.15, -0.1) is 13.2 Å². The number of hydrogen-bond acceptors (Lipinski definition) is 9. The number of nitrogens with zero attached hydrogens (tertiary/aromatic N) is 6. The van der Waals surface area contributed by atoms with Crippen LogP contribution in [-0.4, -0.2) is 70.6 Å². The minimum absolute atomic E-state index is 0.0867. The van der Waals surface area contributed by atoms with E-state index in [1.54, 1.807) is 11.8 Å². The summed E-state index contributed by atoms with van der Waals surface area (Å²) in [4.78, 5) is 32.1. The summed E-state index contributed by atoms with van der Waals surface area (Å²) < 4.78 is 98.2. The molecule has 1 fully saturated rings. The maximum absolute atomic E-state index is 14.0. The standard InChI is InChI=1S/C29H28F5N7O4S/c1-3-28(30,31)20-6-4-19(5-7-20)14-37-27(42)24-17-40(25-16-36-23-15-35-18(2)38-26(23)39-25)12-13-41(24)46(43,44)22-10-8-21(9-11-22)45-29(32,33)34/h4-11,15-16,24H,3,12-14,17H2,1-2H3,(H,37,42)/t24-/m1/s1. The highest BCUT2D eigenvalue weighted by molar-refractivity contribution is 7.89. The number of anilines is 1. The molecular formula is C29H28F5N7O4S. The zero-order valence-electron chi connectivity index (χ0n) is 24.5. The van der Waals surface area contributed by atoms with Gasteiger partial charge in [0, 0.05) is 38.2 Å². The van der Waals surface area contributed by atoms with Gasteiger partial charge in [0.25, 0.3) is 5.92 Å². The Morgan fingerprint density at radius 2 is 1.67 bits per heavy atom. The van der Waals surface area contributed by atoms with Crippen LogP contribution in [0.1, 0.15) is 30.3 Å². The molecule has 1 aliphatic heterocycles. The number of sulfonamides is 1. The van der Waals surface area contributed by atoms with Crippen LogP contribution in [0.5, 0.6) is 5.75 Å². The van der Waals surface area contributed by atoms with Crippen molar-refractivity contribution in [3.63, 3.8) is 0 Å². The molecular weight excluding hydrogens is 637 g/mol. The zero-order valence-corrected chi connectivity index (χ0v) is 25.3. The van der Waals surface area contributed by atoms with Crippen LogP contribution in [0, 0.1) is 6.92 Å². The molecule has 1 amide bonds. The molecule has 2 aromatic heterocycles. The third kappa shape index (κ3) is 7.31. The van der Waals surface area contributed by atoms with E-state index < -0.39 is 40.0 Å². The summed E-state index contributed by atoms with van der Waals surface area (Å²) in [6.07, 6.45) is -2.38. The Labute approximate surface area is 260 Å². The lowest BCUT2D eigenvalue weighted by Crippen LogP contribution is -2.60. The van der Waals surface area contributed by atoms with Crippen LogP contribution < -0.4 is 15.0 Å². The van der Waals surface area contributed by atoms with E-state index in [1.165, 1.54) is 43.6 Å². The van der Waals surface area contributed by atoms with E-state index in [0.29, 0.717) is 28.4 Å². The van der Waals surface area contributed by atoms with Crippen molar-refractivity contribution in [1.29, 1.82) is 0 Å². The van der Waals surface area contributed by atoms with E-state index in [9.17, 15) is 35.2 Å².